The summed E-state index contributed by atoms with van der Waals surface area (Å²) in [6.45, 7) is 0. The Bertz CT molecular complexity index is 302. The summed E-state index contributed by atoms with van der Waals surface area (Å²) in [6, 6.07) is 7.50. The summed E-state index contributed by atoms with van der Waals surface area (Å²) in [7, 11) is 3.22. The van der Waals surface area contributed by atoms with E-state index in [4.69, 9.17) is 4.74 Å². The Hall–Kier alpha value is -1.22. The molecule has 0 aliphatic carbocycles. The van der Waals surface area contributed by atoms with Gasteiger partial charge in [0.2, 0.25) is 5.91 Å². The molecular weight excluding hydrogens is 202 g/mol. The lowest BCUT2D eigenvalue weighted by atomic mass is 10.1. The minimum absolute atomic E-state index is 0. The van der Waals surface area contributed by atoms with Gasteiger partial charge in [0.15, 0.2) is 0 Å². The Morgan fingerprint density at radius 3 is 2.64 bits per heavy atom. The third kappa shape index (κ3) is 3.26. The van der Waals surface area contributed by atoms with Gasteiger partial charge in [-0.25, -0.2) is 0 Å². The number of carbonyl (C=O) groups is 1. The van der Waals surface area contributed by atoms with Crippen LogP contribution in [0.1, 0.15) is 5.56 Å². The van der Waals surface area contributed by atoms with Crippen LogP contribution in [0.5, 0.6) is 5.75 Å². The Morgan fingerprint density at radius 2 is 2.07 bits per heavy atom. The fourth-order valence-corrected chi connectivity index (χ4v) is 1.11. The van der Waals surface area contributed by atoms with Crippen LogP contribution < -0.4 is 10.1 Å². The lowest BCUT2D eigenvalue weighted by Gasteiger charge is -2.06. The van der Waals surface area contributed by atoms with Crippen molar-refractivity contribution < 1.29 is 9.53 Å². The van der Waals surface area contributed by atoms with Crippen molar-refractivity contribution in [1.82, 2.24) is 5.32 Å². The average molecular weight is 216 g/mol. The zero-order valence-electron chi connectivity index (χ0n) is 8.24. The minimum atomic E-state index is -0.00972. The summed E-state index contributed by atoms with van der Waals surface area (Å²) in [5.41, 5.74) is 0.907. The van der Waals surface area contributed by atoms with Gasteiger partial charge in [-0.3, -0.25) is 4.79 Å². The molecule has 0 aromatic heterocycles. The first-order chi connectivity index (χ1) is 6.27. The van der Waals surface area contributed by atoms with Crippen LogP contribution in [-0.2, 0) is 11.2 Å². The fourth-order valence-electron chi connectivity index (χ4n) is 1.11. The first kappa shape index (κ1) is 12.8. The topological polar surface area (TPSA) is 38.3 Å². The quantitative estimate of drug-likeness (QED) is 0.828. The maximum Gasteiger partial charge on any atom is 0.224 e. The molecule has 0 saturated heterocycles. The highest BCUT2D eigenvalue weighted by Crippen LogP contribution is 2.17. The van der Waals surface area contributed by atoms with E-state index in [2.05, 4.69) is 5.32 Å². The van der Waals surface area contributed by atoms with Gasteiger partial charge in [-0.2, -0.15) is 0 Å². The summed E-state index contributed by atoms with van der Waals surface area (Å²) in [5, 5.41) is 2.57. The minimum Gasteiger partial charge on any atom is -0.496 e. The fraction of sp³-hybridized carbons (Fsp3) is 0.300. The third-order valence-electron chi connectivity index (χ3n) is 1.82. The molecule has 4 heteroatoms. The van der Waals surface area contributed by atoms with Crippen LogP contribution in [-0.4, -0.2) is 20.1 Å². The van der Waals surface area contributed by atoms with Gasteiger partial charge >= 0.3 is 0 Å². The summed E-state index contributed by atoms with van der Waals surface area (Å²) in [6.07, 6.45) is 0.362. The van der Waals surface area contributed by atoms with Gasteiger partial charge in [-0.1, -0.05) is 18.2 Å². The molecule has 0 fully saturated rings. The highest BCUT2D eigenvalue weighted by Gasteiger charge is 2.05. The van der Waals surface area contributed by atoms with E-state index in [1.165, 1.54) is 0 Å². The number of amides is 1. The van der Waals surface area contributed by atoms with Crippen molar-refractivity contribution in [3.05, 3.63) is 29.8 Å². The molecule has 1 aromatic carbocycles. The van der Waals surface area contributed by atoms with Gasteiger partial charge in [0.05, 0.1) is 13.5 Å². The zero-order chi connectivity index (χ0) is 9.68. The Balaban J connectivity index is 0.00000169. The molecule has 1 N–H and O–H groups in total. The molecule has 0 spiro atoms. The van der Waals surface area contributed by atoms with E-state index >= 15 is 0 Å². The molecular formula is C10H14ClNO2. The Kier molecular flexibility index (Phi) is 5.72. The molecule has 0 saturated carbocycles. The summed E-state index contributed by atoms with van der Waals surface area (Å²) in [5.74, 6) is 0.746. The Morgan fingerprint density at radius 1 is 1.43 bits per heavy atom. The maximum absolute atomic E-state index is 11.1. The van der Waals surface area contributed by atoms with Crippen molar-refractivity contribution in [2.45, 2.75) is 6.42 Å². The standard InChI is InChI=1S/C10H13NO2.ClH/c1-11-10(12)7-8-5-3-4-6-9(8)13-2;/h3-6H,7H2,1-2H3,(H,11,12);1H. The predicted molar refractivity (Wildman–Crippen MR) is 58.0 cm³/mol. The molecule has 0 aliphatic heterocycles. The van der Waals surface area contributed by atoms with E-state index in [-0.39, 0.29) is 18.3 Å². The molecule has 14 heavy (non-hydrogen) atoms. The molecule has 1 amide bonds. The third-order valence-corrected chi connectivity index (χ3v) is 1.82. The number of para-hydroxylation sites is 1. The number of hydrogen-bond donors (Lipinski definition) is 1. The lowest BCUT2D eigenvalue weighted by molar-refractivity contribution is -0.119. The summed E-state index contributed by atoms with van der Waals surface area (Å²) in [4.78, 5) is 11.1. The number of rotatable bonds is 3. The number of carbonyl (C=O) groups excluding carboxylic acids is 1. The van der Waals surface area contributed by atoms with Crippen molar-refractivity contribution in [3.63, 3.8) is 0 Å². The van der Waals surface area contributed by atoms with E-state index in [0.717, 1.165) is 11.3 Å². The highest BCUT2D eigenvalue weighted by atomic mass is 35.5. The maximum atomic E-state index is 11.1. The second-order valence-electron chi connectivity index (χ2n) is 2.66. The van der Waals surface area contributed by atoms with Gasteiger partial charge < -0.3 is 10.1 Å². The van der Waals surface area contributed by atoms with E-state index in [0.29, 0.717) is 6.42 Å². The average Bonchev–Trinajstić information content (AvgIpc) is 2.18. The van der Waals surface area contributed by atoms with Gasteiger partial charge in [-0.05, 0) is 6.07 Å². The molecule has 3 nitrogen and oxygen atoms in total. The van der Waals surface area contributed by atoms with Crippen LogP contribution in [0.4, 0.5) is 0 Å². The molecule has 0 heterocycles. The van der Waals surface area contributed by atoms with Crippen molar-refractivity contribution >= 4 is 18.3 Å². The number of methoxy groups -OCH3 is 1. The summed E-state index contributed by atoms with van der Waals surface area (Å²) < 4.78 is 5.11. The number of hydrogen-bond acceptors (Lipinski definition) is 2. The molecule has 0 atom stereocenters. The van der Waals surface area contributed by atoms with Crippen LogP contribution in [0.3, 0.4) is 0 Å². The Labute approximate surface area is 89.9 Å². The van der Waals surface area contributed by atoms with Gasteiger partial charge in [0.1, 0.15) is 5.75 Å². The van der Waals surface area contributed by atoms with Crippen LogP contribution in [0, 0.1) is 0 Å². The van der Waals surface area contributed by atoms with E-state index in [1.807, 2.05) is 24.3 Å². The van der Waals surface area contributed by atoms with Crippen LogP contribution in [0.2, 0.25) is 0 Å². The molecule has 0 radical (unpaired) electrons. The molecule has 0 unspecified atom stereocenters. The smallest absolute Gasteiger partial charge is 0.224 e. The largest absolute Gasteiger partial charge is 0.496 e. The van der Waals surface area contributed by atoms with E-state index < -0.39 is 0 Å². The van der Waals surface area contributed by atoms with Crippen molar-refractivity contribution in [3.8, 4) is 5.75 Å². The number of halogens is 1. The molecule has 0 bridgehead atoms. The number of ether oxygens (including phenoxy) is 1. The second-order valence-corrected chi connectivity index (χ2v) is 2.66. The van der Waals surface area contributed by atoms with Crippen molar-refractivity contribution in [2.75, 3.05) is 14.2 Å². The number of benzene rings is 1. The van der Waals surface area contributed by atoms with Crippen molar-refractivity contribution in [1.29, 1.82) is 0 Å². The number of nitrogens with one attached hydrogen (secondary N) is 1. The van der Waals surface area contributed by atoms with Crippen LogP contribution in [0.25, 0.3) is 0 Å². The monoisotopic (exact) mass is 215 g/mol. The molecule has 0 aliphatic rings. The predicted octanol–water partition coefficient (Wildman–Crippen LogP) is 1.41. The molecule has 1 rings (SSSR count). The summed E-state index contributed by atoms with van der Waals surface area (Å²) >= 11 is 0. The van der Waals surface area contributed by atoms with Gasteiger partial charge in [0, 0.05) is 12.6 Å². The normalized spacial score (nSPS) is 8.71. The first-order valence-electron chi connectivity index (χ1n) is 4.10. The van der Waals surface area contributed by atoms with Gasteiger partial charge in [-0.15, -0.1) is 12.4 Å². The lowest BCUT2D eigenvalue weighted by Crippen LogP contribution is -2.20. The molecule has 78 valence electrons. The second kappa shape index (κ2) is 6.27. The van der Waals surface area contributed by atoms with E-state index in [1.54, 1.807) is 14.2 Å². The number of likely N-dealkylation sites (N-methyl/N-ethyl adjacent to an activating group) is 1. The van der Waals surface area contributed by atoms with Crippen LogP contribution in [0.15, 0.2) is 24.3 Å². The SMILES string of the molecule is CNC(=O)Cc1ccccc1OC.Cl. The first-order valence-corrected chi connectivity index (χ1v) is 4.10. The van der Waals surface area contributed by atoms with Gasteiger partial charge in [0.25, 0.3) is 0 Å². The molecule has 1 aromatic rings. The van der Waals surface area contributed by atoms with E-state index in [9.17, 15) is 4.79 Å². The van der Waals surface area contributed by atoms with Crippen LogP contribution >= 0.6 is 12.4 Å². The zero-order valence-corrected chi connectivity index (χ0v) is 9.06. The van der Waals surface area contributed by atoms with Crippen molar-refractivity contribution in [2.24, 2.45) is 0 Å². The highest BCUT2D eigenvalue weighted by molar-refractivity contribution is 5.85.